The molecule has 0 amide bonds. The molecule has 6 rings (SSSR count). The second-order valence-corrected chi connectivity index (χ2v) is 22.5. The number of allylic oxidation sites excluding steroid dienone is 6. The fourth-order valence-corrected chi connectivity index (χ4v) is 11.6. The third-order valence-electron chi connectivity index (χ3n) is 12.0. The van der Waals surface area contributed by atoms with Gasteiger partial charge in [0.2, 0.25) is 5.69 Å². The lowest BCUT2D eigenvalue weighted by Crippen LogP contribution is -2.30. The lowest BCUT2D eigenvalue weighted by Gasteiger charge is -2.30. The van der Waals surface area contributed by atoms with E-state index in [-0.39, 0.29) is 35.1 Å². The van der Waals surface area contributed by atoms with Crippen LogP contribution in [0.3, 0.4) is 0 Å². The van der Waals surface area contributed by atoms with E-state index in [1.54, 1.807) is 36.4 Å². The average Bonchev–Trinajstić information content (AvgIpc) is 3.54. The highest BCUT2D eigenvalue weighted by Crippen LogP contribution is 2.53. The summed E-state index contributed by atoms with van der Waals surface area (Å²) in [6.45, 7) is 8.26. The number of fused-ring (bicyclic) bond motifs is 6. The predicted molar refractivity (Wildman–Crippen MR) is 241 cm³/mol. The van der Waals surface area contributed by atoms with E-state index in [4.69, 9.17) is 0 Å². The molecule has 1 unspecified atom stereocenters. The molecule has 0 fully saturated rings. The van der Waals surface area contributed by atoms with E-state index < -0.39 is 72.8 Å². The fourth-order valence-electron chi connectivity index (χ4n) is 9.30. The van der Waals surface area contributed by atoms with Crippen LogP contribution in [0.1, 0.15) is 83.8 Å². The summed E-state index contributed by atoms with van der Waals surface area (Å²) in [4.78, 5) is 11.4. The Morgan fingerprint density at radius 3 is 2.05 bits per heavy atom. The molecule has 0 spiro atoms. The molecule has 0 aromatic heterocycles. The fraction of sp³-hybridized carbons (Fsp3) is 0.364. The van der Waals surface area contributed by atoms with Gasteiger partial charge in [-0.2, -0.15) is 29.8 Å². The normalized spacial score (nSPS) is 18.6. The highest BCUT2D eigenvalue weighted by atomic mass is 32.2. The number of aliphatic carboxylic acids is 1. The van der Waals surface area contributed by atoms with Crippen LogP contribution in [0.15, 0.2) is 105 Å². The van der Waals surface area contributed by atoms with Crippen LogP contribution in [0.5, 0.6) is 0 Å². The molecule has 0 bridgehead atoms. The van der Waals surface area contributed by atoms with Gasteiger partial charge in [-0.25, -0.2) is 8.42 Å². The van der Waals surface area contributed by atoms with Crippen LogP contribution in [0.2, 0.25) is 0 Å². The van der Waals surface area contributed by atoms with Crippen molar-refractivity contribution < 1.29 is 66.4 Å². The van der Waals surface area contributed by atoms with Gasteiger partial charge < -0.3 is 14.6 Å². The molecule has 2 aliphatic rings. The minimum atomic E-state index is -4.96. The molecule has 0 radical (unpaired) electrons. The Morgan fingerprint density at radius 2 is 1.42 bits per heavy atom. The van der Waals surface area contributed by atoms with Gasteiger partial charge in [-0.3, -0.25) is 18.5 Å². The van der Waals surface area contributed by atoms with Crippen molar-refractivity contribution in [1.82, 2.24) is 0 Å². The first-order chi connectivity index (χ1) is 29.7. The number of carbonyl (C=O) groups is 1. The SMILES string of the molecule is CCCC1(C)\C(=C/C=C/C=C/C2=[N+](CCCCCC(=O)O)c3ccc4c(S(=O)(=O)O)cc(S(=O)(=O)O)cc4c3C2(C)C)N(CCCS(=O)(=O)[O-])c2ccc3ccc(S(=O)(=O)O)cc3c21. The maximum Gasteiger partial charge on any atom is 0.303 e. The number of benzene rings is 4. The number of hydrogen-bond donors (Lipinski definition) is 4. The van der Waals surface area contributed by atoms with Crippen LogP contribution in [0.4, 0.5) is 11.4 Å². The Labute approximate surface area is 373 Å². The van der Waals surface area contributed by atoms with Gasteiger partial charge in [0.25, 0.3) is 30.4 Å². The van der Waals surface area contributed by atoms with E-state index in [9.17, 15) is 61.8 Å². The van der Waals surface area contributed by atoms with Crippen molar-refractivity contribution in [1.29, 1.82) is 0 Å². The summed E-state index contributed by atoms with van der Waals surface area (Å²) >= 11 is 0. The zero-order valence-corrected chi connectivity index (χ0v) is 38.8. The number of hydrogen-bond acceptors (Lipinski definition) is 11. The molecule has 2 heterocycles. The van der Waals surface area contributed by atoms with Crippen molar-refractivity contribution in [3.05, 3.63) is 102 Å². The average molecular weight is 959 g/mol. The molecule has 20 heteroatoms. The first-order valence-electron chi connectivity index (χ1n) is 20.4. The van der Waals surface area contributed by atoms with E-state index in [0.29, 0.717) is 72.8 Å². The van der Waals surface area contributed by atoms with E-state index in [1.165, 1.54) is 24.3 Å². The molecular weight excluding hydrogens is 909 g/mol. The molecule has 344 valence electrons. The minimum absolute atomic E-state index is 0.00374. The topological polar surface area (TPSA) is 264 Å². The summed E-state index contributed by atoms with van der Waals surface area (Å²) in [6, 6.07) is 13.0. The number of rotatable bonds is 18. The van der Waals surface area contributed by atoms with E-state index in [0.717, 1.165) is 16.6 Å². The summed E-state index contributed by atoms with van der Waals surface area (Å²) in [7, 11) is -19.0. The second-order valence-electron chi connectivity index (χ2n) is 16.8. The van der Waals surface area contributed by atoms with Crippen LogP contribution in [-0.2, 0) is 56.1 Å². The zero-order valence-electron chi connectivity index (χ0n) is 35.6. The van der Waals surface area contributed by atoms with Gasteiger partial charge in [-0.1, -0.05) is 43.7 Å². The van der Waals surface area contributed by atoms with Gasteiger partial charge in [0.15, 0.2) is 5.71 Å². The molecule has 4 N–H and O–H groups in total. The quantitative estimate of drug-likeness (QED) is 0.0331. The zero-order chi connectivity index (χ0) is 47.2. The molecule has 1 atom stereocenters. The third-order valence-corrected chi connectivity index (χ3v) is 15.3. The summed E-state index contributed by atoms with van der Waals surface area (Å²) < 4.78 is 141. The number of anilines is 1. The Morgan fingerprint density at radius 1 is 0.750 bits per heavy atom. The Bertz CT molecular complexity index is 3150. The third kappa shape index (κ3) is 9.88. The number of carboxylic acids is 1. The molecule has 0 aliphatic carbocycles. The van der Waals surface area contributed by atoms with Crippen LogP contribution in [0, 0.1) is 0 Å². The lowest BCUT2D eigenvalue weighted by molar-refractivity contribution is -0.438. The molecule has 64 heavy (non-hydrogen) atoms. The number of nitrogens with zero attached hydrogens (tertiary/aromatic N) is 2. The first kappa shape index (κ1) is 48.7. The summed E-state index contributed by atoms with van der Waals surface area (Å²) in [5, 5.41) is 10.7. The first-order valence-corrected chi connectivity index (χ1v) is 26.3. The summed E-state index contributed by atoms with van der Waals surface area (Å²) in [6.07, 6.45) is 11.8. The monoisotopic (exact) mass is 958 g/mol. The van der Waals surface area contributed by atoms with E-state index >= 15 is 0 Å². The second kappa shape index (κ2) is 17.9. The van der Waals surface area contributed by atoms with Gasteiger partial charge in [0.1, 0.15) is 11.4 Å². The van der Waals surface area contributed by atoms with Crippen molar-refractivity contribution in [2.24, 2.45) is 0 Å². The van der Waals surface area contributed by atoms with Gasteiger partial charge in [0.05, 0.1) is 25.3 Å². The van der Waals surface area contributed by atoms with Crippen molar-refractivity contribution in [2.75, 3.05) is 23.7 Å². The molecule has 2 aliphatic heterocycles. The molecule has 0 saturated carbocycles. The number of carboxylic acid groups (broad SMARTS) is 1. The van der Waals surface area contributed by atoms with Crippen LogP contribution < -0.4 is 4.90 Å². The molecule has 0 saturated heterocycles. The van der Waals surface area contributed by atoms with Gasteiger partial charge >= 0.3 is 5.97 Å². The minimum Gasteiger partial charge on any atom is -0.748 e. The number of unbranched alkanes of at least 4 members (excludes halogenated alkanes) is 2. The highest BCUT2D eigenvalue weighted by molar-refractivity contribution is 7.87. The van der Waals surface area contributed by atoms with Crippen LogP contribution in [0.25, 0.3) is 21.5 Å². The van der Waals surface area contributed by atoms with Crippen molar-refractivity contribution in [2.45, 2.75) is 98.2 Å². The predicted octanol–water partition coefficient (Wildman–Crippen LogP) is 7.26. The largest absolute Gasteiger partial charge is 0.748 e. The van der Waals surface area contributed by atoms with Gasteiger partial charge in [-0.05, 0) is 111 Å². The Balaban J connectivity index is 1.47. The maximum atomic E-state index is 12.6. The Hall–Kier alpha value is -4.80. The van der Waals surface area contributed by atoms with E-state index in [1.807, 2.05) is 55.4 Å². The van der Waals surface area contributed by atoms with Gasteiger partial charge in [-0.15, -0.1) is 0 Å². The van der Waals surface area contributed by atoms with E-state index in [2.05, 4.69) is 0 Å². The summed E-state index contributed by atoms with van der Waals surface area (Å²) in [5.74, 6) is -1.53. The lowest BCUT2D eigenvalue weighted by atomic mass is 9.76. The Kier molecular flexibility index (Phi) is 13.6. The molecule has 16 nitrogen and oxygen atoms in total. The van der Waals surface area contributed by atoms with Gasteiger partial charge in [0, 0.05) is 65.0 Å². The molecule has 4 aromatic rings. The van der Waals surface area contributed by atoms with Crippen molar-refractivity contribution in [3.63, 3.8) is 0 Å². The molecular formula is C44H50N2O14S4. The van der Waals surface area contributed by atoms with Crippen LogP contribution in [-0.4, -0.2) is 92.1 Å². The van der Waals surface area contributed by atoms with Crippen molar-refractivity contribution in [3.8, 4) is 0 Å². The molecule has 4 aromatic carbocycles. The smallest absolute Gasteiger partial charge is 0.303 e. The maximum absolute atomic E-state index is 12.6. The van der Waals surface area contributed by atoms with Crippen LogP contribution >= 0.6 is 0 Å². The van der Waals surface area contributed by atoms with Crippen molar-refractivity contribution >= 4 is 85.1 Å². The highest BCUT2D eigenvalue weighted by Gasteiger charge is 2.47. The standard InChI is InChI=1S/C44H50N2O14S4/c1-5-22-44(4)39(46(24-12-25-61(49,50)51)36-20-17-29-16-18-30(62(52,53)54)26-33(29)42(36)44)14-9-6-8-13-38-43(2,3)41-34-27-31(63(55,56)57)28-37(64(58,59)60)32(34)19-21-35(41)45(38)23-11-7-10-15-40(47)48/h6,8-9,13-14,16-21,26-28H,5,7,10-12,15,22-25H2,1-4H3,(H4-,47,48,49,50,51,52,53,54,55,56,57,58,59,60). The summed E-state index contributed by atoms with van der Waals surface area (Å²) in [5.41, 5.74) is 2.36.